The Labute approximate surface area is 115 Å². The van der Waals surface area contributed by atoms with E-state index in [2.05, 4.69) is 20.9 Å². The van der Waals surface area contributed by atoms with Gasteiger partial charge in [0, 0.05) is 35.4 Å². The number of hydrogen-bond acceptors (Lipinski definition) is 2. The monoisotopic (exact) mass is 329 g/mol. The van der Waals surface area contributed by atoms with Crippen LogP contribution in [0.3, 0.4) is 0 Å². The van der Waals surface area contributed by atoms with Gasteiger partial charge in [0.05, 0.1) is 5.56 Å². The Bertz CT molecular complexity index is 623. The van der Waals surface area contributed by atoms with E-state index < -0.39 is 28.8 Å². The second-order valence-electron chi connectivity index (χ2n) is 3.86. The summed E-state index contributed by atoms with van der Waals surface area (Å²) in [6.07, 6.45) is 2.72. The summed E-state index contributed by atoms with van der Waals surface area (Å²) in [5.41, 5.74) is -0.233. The van der Waals surface area contributed by atoms with Gasteiger partial charge in [0.2, 0.25) is 0 Å². The van der Waals surface area contributed by atoms with Crippen LogP contribution in [0.15, 0.2) is 35.1 Å². The Kier molecular flexibility index (Phi) is 3.99. The van der Waals surface area contributed by atoms with Crippen LogP contribution in [-0.2, 0) is 6.42 Å². The Morgan fingerprint density at radius 3 is 2.32 bits per heavy atom. The standard InChI is InChI=1S/C13H7BrF3NO/c14-8-1-7(5-18-6-8)2-12(19)13-10(16)3-9(15)4-11(13)17/h1,3-6H,2H2. The molecule has 0 fully saturated rings. The summed E-state index contributed by atoms with van der Waals surface area (Å²) in [5.74, 6) is -4.23. The molecule has 0 N–H and O–H groups in total. The molecule has 0 bridgehead atoms. The van der Waals surface area contributed by atoms with Gasteiger partial charge < -0.3 is 0 Å². The van der Waals surface area contributed by atoms with Crippen LogP contribution >= 0.6 is 15.9 Å². The summed E-state index contributed by atoms with van der Waals surface area (Å²) >= 11 is 3.18. The van der Waals surface area contributed by atoms with Gasteiger partial charge in [-0.05, 0) is 27.6 Å². The molecule has 0 aliphatic carbocycles. The molecule has 0 unspecified atom stereocenters. The minimum Gasteiger partial charge on any atom is -0.294 e. The summed E-state index contributed by atoms with van der Waals surface area (Å²) < 4.78 is 40.2. The minimum absolute atomic E-state index is 0.216. The van der Waals surface area contributed by atoms with Crippen LogP contribution in [0.5, 0.6) is 0 Å². The molecule has 0 saturated heterocycles. The summed E-state index contributed by atoms with van der Waals surface area (Å²) in [7, 11) is 0. The highest BCUT2D eigenvalue weighted by atomic mass is 79.9. The zero-order chi connectivity index (χ0) is 14.0. The third-order valence-corrected chi connectivity index (χ3v) is 2.85. The number of carbonyl (C=O) groups excluding carboxylic acids is 1. The highest BCUT2D eigenvalue weighted by Gasteiger charge is 2.19. The van der Waals surface area contributed by atoms with E-state index in [0.29, 0.717) is 22.2 Å². The molecule has 6 heteroatoms. The third kappa shape index (κ3) is 3.20. The predicted molar refractivity (Wildman–Crippen MR) is 66.3 cm³/mol. The molecule has 0 radical (unpaired) electrons. The van der Waals surface area contributed by atoms with E-state index in [0.717, 1.165) is 0 Å². The fraction of sp³-hybridized carbons (Fsp3) is 0.0769. The molecule has 0 amide bonds. The molecule has 1 aromatic carbocycles. The van der Waals surface area contributed by atoms with E-state index in [9.17, 15) is 18.0 Å². The molecule has 0 aliphatic rings. The molecule has 0 saturated carbocycles. The van der Waals surface area contributed by atoms with Crippen molar-refractivity contribution in [2.24, 2.45) is 0 Å². The van der Waals surface area contributed by atoms with Crippen LogP contribution in [0, 0.1) is 17.5 Å². The fourth-order valence-corrected chi connectivity index (χ4v) is 2.05. The maximum Gasteiger partial charge on any atom is 0.173 e. The molecule has 0 aliphatic heterocycles. The van der Waals surface area contributed by atoms with Crippen molar-refractivity contribution >= 4 is 21.7 Å². The Hall–Kier alpha value is -1.69. The Morgan fingerprint density at radius 1 is 1.11 bits per heavy atom. The van der Waals surface area contributed by atoms with Crippen LogP contribution in [0.2, 0.25) is 0 Å². The van der Waals surface area contributed by atoms with E-state index in [1.165, 1.54) is 12.4 Å². The van der Waals surface area contributed by atoms with Crippen LogP contribution in [0.1, 0.15) is 15.9 Å². The molecule has 1 heterocycles. The lowest BCUT2D eigenvalue weighted by Crippen LogP contribution is -2.10. The van der Waals surface area contributed by atoms with Crippen molar-refractivity contribution in [3.63, 3.8) is 0 Å². The van der Waals surface area contributed by atoms with E-state index in [1.807, 2.05) is 0 Å². The number of ketones is 1. The molecular weight excluding hydrogens is 323 g/mol. The van der Waals surface area contributed by atoms with Crippen molar-refractivity contribution in [1.29, 1.82) is 0 Å². The van der Waals surface area contributed by atoms with Crippen molar-refractivity contribution < 1.29 is 18.0 Å². The minimum atomic E-state index is -1.20. The van der Waals surface area contributed by atoms with Gasteiger partial charge >= 0.3 is 0 Å². The second kappa shape index (κ2) is 5.52. The molecular formula is C13H7BrF3NO. The number of halogens is 4. The number of rotatable bonds is 3. The average Bonchev–Trinajstić information content (AvgIpc) is 2.27. The van der Waals surface area contributed by atoms with Crippen LogP contribution in [-0.4, -0.2) is 10.8 Å². The van der Waals surface area contributed by atoms with Gasteiger partial charge in [-0.25, -0.2) is 13.2 Å². The zero-order valence-corrected chi connectivity index (χ0v) is 11.0. The second-order valence-corrected chi connectivity index (χ2v) is 4.77. The van der Waals surface area contributed by atoms with Crippen LogP contribution in [0.25, 0.3) is 0 Å². The zero-order valence-electron chi connectivity index (χ0n) is 9.46. The van der Waals surface area contributed by atoms with Gasteiger partial charge in [-0.15, -0.1) is 0 Å². The van der Waals surface area contributed by atoms with Gasteiger partial charge in [-0.1, -0.05) is 0 Å². The molecule has 98 valence electrons. The van der Waals surface area contributed by atoms with Crippen LogP contribution < -0.4 is 0 Å². The van der Waals surface area contributed by atoms with Gasteiger partial charge in [-0.3, -0.25) is 9.78 Å². The van der Waals surface area contributed by atoms with Gasteiger partial charge in [0.15, 0.2) is 5.78 Å². The predicted octanol–water partition coefficient (Wildman–Crippen LogP) is 3.69. The quantitative estimate of drug-likeness (QED) is 0.804. The number of Topliss-reactive ketones (excluding diaryl/α,β-unsaturated/α-hetero) is 1. The van der Waals surface area contributed by atoms with Crippen molar-refractivity contribution in [2.75, 3.05) is 0 Å². The fourth-order valence-electron chi connectivity index (χ4n) is 1.63. The molecule has 19 heavy (non-hydrogen) atoms. The van der Waals surface area contributed by atoms with E-state index in [4.69, 9.17) is 0 Å². The van der Waals surface area contributed by atoms with Gasteiger partial charge in [0.1, 0.15) is 17.5 Å². The molecule has 0 atom stereocenters. The first kappa shape index (κ1) is 13.7. The van der Waals surface area contributed by atoms with Gasteiger partial charge in [0.25, 0.3) is 0 Å². The van der Waals surface area contributed by atoms with E-state index in [-0.39, 0.29) is 6.42 Å². The summed E-state index contributed by atoms with van der Waals surface area (Å²) in [6.45, 7) is 0. The topological polar surface area (TPSA) is 30.0 Å². The first-order chi connectivity index (χ1) is 8.97. The SMILES string of the molecule is O=C(Cc1cncc(Br)c1)c1c(F)cc(F)cc1F. The van der Waals surface area contributed by atoms with E-state index in [1.54, 1.807) is 6.07 Å². The smallest absolute Gasteiger partial charge is 0.173 e. The number of hydrogen-bond donors (Lipinski definition) is 0. The summed E-state index contributed by atoms with van der Waals surface area (Å²) in [6, 6.07) is 2.58. The third-order valence-electron chi connectivity index (χ3n) is 2.41. The molecule has 2 rings (SSSR count). The number of benzene rings is 1. The summed E-state index contributed by atoms with van der Waals surface area (Å²) in [5, 5.41) is 0. The number of pyridine rings is 1. The normalized spacial score (nSPS) is 10.5. The summed E-state index contributed by atoms with van der Waals surface area (Å²) in [4.78, 5) is 15.7. The van der Waals surface area contributed by atoms with E-state index >= 15 is 0 Å². The highest BCUT2D eigenvalue weighted by molar-refractivity contribution is 9.10. The lowest BCUT2D eigenvalue weighted by atomic mass is 10.0. The van der Waals surface area contributed by atoms with Crippen molar-refractivity contribution in [3.05, 3.63) is 63.6 Å². The number of nitrogens with zero attached hydrogens (tertiary/aromatic N) is 1. The number of aromatic nitrogens is 1. The Balaban J connectivity index is 2.31. The average molecular weight is 330 g/mol. The maximum atomic E-state index is 13.4. The first-order valence-electron chi connectivity index (χ1n) is 5.24. The van der Waals surface area contributed by atoms with Crippen molar-refractivity contribution in [1.82, 2.24) is 4.98 Å². The van der Waals surface area contributed by atoms with Crippen LogP contribution in [0.4, 0.5) is 13.2 Å². The lowest BCUT2D eigenvalue weighted by molar-refractivity contribution is 0.0984. The molecule has 0 spiro atoms. The number of carbonyl (C=O) groups is 1. The maximum absolute atomic E-state index is 13.4. The highest BCUT2D eigenvalue weighted by Crippen LogP contribution is 2.18. The lowest BCUT2D eigenvalue weighted by Gasteiger charge is -2.05. The van der Waals surface area contributed by atoms with Gasteiger partial charge in [-0.2, -0.15) is 0 Å². The molecule has 2 aromatic rings. The molecule has 1 aromatic heterocycles. The van der Waals surface area contributed by atoms with Crippen molar-refractivity contribution in [2.45, 2.75) is 6.42 Å². The Morgan fingerprint density at radius 2 is 1.74 bits per heavy atom. The van der Waals surface area contributed by atoms with Crippen molar-refractivity contribution in [3.8, 4) is 0 Å². The largest absolute Gasteiger partial charge is 0.294 e. The first-order valence-corrected chi connectivity index (χ1v) is 6.04. The molecule has 2 nitrogen and oxygen atoms in total.